The first kappa shape index (κ1) is 17.6. The topological polar surface area (TPSA) is 4.93 Å². The summed E-state index contributed by atoms with van der Waals surface area (Å²) in [5, 5.41) is 10.4. The molecule has 1 nitrogen and oxygen atoms in total. The van der Waals surface area contributed by atoms with Crippen molar-refractivity contribution in [3.8, 4) is 5.69 Å². The molecular weight excluding hydrogens is 386 g/mol. The van der Waals surface area contributed by atoms with Gasteiger partial charge in [-0.25, -0.2) is 0 Å². The number of rotatable bonds is 1. The van der Waals surface area contributed by atoms with E-state index < -0.39 is 0 Å². The van der Waals surface area contributed by atoms with Gasteiger partial charge in [-0.15, -0.1) is 0 Å². The van der Waals surface area contributed by atoms with Crippen molar-refractivity contribution in [3.63, 3.8) is 0 Å². The summed E-state index contributed by atoms with van der Waals surface area (Å²) in [7, 11) is 0. The maximum Gasteiger partial charge on any atom is 0.0626 e. The lowest BCUT2D eigenvalue weighted by atomic mass is 9.96. The number of fused-ring (bicyclic) bond motifs is 10. The number of aromatic nitrogens is 1. The van der Waals surface area contributed by atoms with Gasteiger partial charge in [0.2, 0.25) is 0 Å². The fraction of sp³-hybridized carbons (Fsp3) is 0.0323. The van der Waals surface area contributed by atoms with Crippen molar-refractivity contribution < 1.29 is 0 Å². The Kier molecular flexibility index (Phi) is 3.54. The van der Waals surface area contributed by atoms with Crippen LogP contribution in [0.15, 0.2) is 109 Å². The van der Waals surface area contributed by atoms with E-state index in [1.165, 1.54) is 65.4 Å². The van der Waals surface area contributed by atoms with Gasteiger partial charge in [0.15, 0.2) is 0 Å². The van der Waals surface area contributed by atoms with E-state index in [2.05, 4.69) is 121 Å². The minimum Gasteiger partial charge on any atom is -0.308 e. The van der Waals surface area contributed by atoms with Gasteiger partial charge in [-0.2, -0.15) is 0 Å². The fourth-order valence-corrected chi connectivity index (χ4v) is 5.39. The van der Waals surface area contributed by atoms with Crippen LogP contribution in [0.1, 0.15) is 5.56 Å². The van der Waals surface area contributed by atoms with Crippen LogP contribution in [0.2, 0.25) is 0 Å². The molecular formula is C31H21N. The van der Waals surface area contributed by atoms with Gasteiger partial charge in [0, 0.05) is 27.2 Å². The quantitative estimate of drug-likeness (QED) is 0.240. The summed E-state index contributed by atoms with van der Waals surface area (Å²) in [6, 6.07) is 39.9. The van der Waals surface area contributed by atoms with Crippen molar-refractivity contribution >= 4 is 54.1 Å². The van der Waals surface area contributed by atoms with Crippen molar-refractivity contribution in [2.45, 2.75) is 6.92 Å². The lowest BCUT2D eigenvalue weighted by Crippen LogP contribution is -1.95. The molecule has 32 heavy (non-hydrogen) atoms. The van der Waals surface area contributed by atoms with E-state index in [0.717, 1.165) is 0 Å². The molecule has 150 valence electrons. The zero-order valence-electron chi connectivity index (χ0n) is 17.8. The molecule has 0 N–H and O–H groups in total. The Morgan fingerprint density at radius 1 is 0.438 bits per heavy atom. The predicted molar refractivity (Wildman–Crippen MR) is 138 cm³/mol. The first-order valence-corrected chi connectivity index (χ1v) is 11.1. The Morgan fingerprint density at radius 2 is 1.03 bits per heavy atom. The second-order valence-corrected chi connectivity index (χ2v) is 8.67. The zero-order valence-corrected chi connectivity index (χ0v) is 17.8. The van der Waals surface area contributed by atoms with Gasteiger partial charge in [-0.05, 0) is 40.6 Å². The molecule has 1 heterocycles. The highest BCUT2D eigenvalue weighted by molar-refractivity contribution is 6.34. The molecule has 0 saturated heterocycles. The highest BCUT2D eigenvalue weighted by atomic mass is 15.0. The number of benzene rings is 6. The monoisotopic (exact) mass is 407 g/mol. The second kappa shape index (κ2) is 6.45. The van der Waals surface area contributed by atoms with Crippen LogP contribution in [0, 0.1) is 6.92 Å². The van der Waals surface area contributed by atoms with E-state index in [9.17, 15) is 0 Å². The molecule has 1 aromatic heterocycles. The molecule has 6 aromatic carbocycles. The largest absolute Gasteiger partial charge is 0.308 e. The third kappa shape index (κ3) is 2.28. The first-order chi connectivity index (χ1) is 15.8. The number of hydrogen-bond donors (Lipinski definition) is 0. The van der Waals surface area contributed by atoms with E-state index >= 15 is 0 Å². The molecule has 0 spiro atoms. The molecule has 0 amide bonds. The van der Waals surface area contributed by atoms with Gasteiger partial charge in [0.25, 0.3) is 0 Å². The third-order valence-electron chi connectivity index (χ3n) is 6.81. The van der Waals surface area contributed by atoms with Crippen LogP contribution in [-0.2, 0) is 0 Å². The minimum absolute atomic E-state index is 1.20. The third-order valence-corrected chi connectivity index (χ3v) is 6.81. The van der Waals surface area contributed by atoms with Gasteiger partial charge < -0.3 is 4.57 Å². The van der Waals surface area contributed by atoms with Crippen molar-refractivity contribution in [2.75, 3.05) is 0 Å². The maximum atomic E-state index is 2.49. The summed E-state index contributed by atoms with van der Waals surface area (Å²) in [5.41, 5.74) is 5.04. The Labute approximate surface area is 186 Å². The van der Waals surface area contributed by atoms with Crippen molar-refractivity contribution in [3.05, 3.63) is 115 Å². The highest BCUT2D eigenvalue weighted by Gasteiger charge is 2.20. The minimum atomic E-state index is 1.20. The Hall–Kier alpha value is -4.10. The van der Waals surface area contributed by atoms with E-state index in [4.69, 9.17) is 0 Å². The molecule has 7 aromatic rings. The van der Waals surface area contributed by atoms with E-state index in [-0.39, 0.29) is 0 Å². The zero-order chi connectivity index (χ0) is 21.2. The van der Waals surface area contributed by atoms with Gasteiger partial charge in [-0.1, -0.05) is 103 Å². The van der Waals surface area contributed by atoms with Gasteiger partial charge >= 0.3 is 0 Å². The van der Waals surface area contributed by atoms with E-state index in [1.807, 2.05) is 0 Å². The van der Waals surface area contributed by atoms with Crippen molar-refractivity contribution in [1.29, 1.82) is 0 Å². The molecule has 0 unspecified atom stereocenters. The molecule has 0 fully saturated rings. The molecule has 1 heteroatoms. The van der Waals surface area contributed by atoms with Crippen LogP contribution in [0.5, 0.6) is 0 Å². The average Bonchev–Trinajstić information content (AvgIpc) is 3.21. The number of hydrogen-bond acceptors (Lipinski definition) is 0. The molecule has 0 aliphatic carbocycles. The van der Waals surface area contributed by atoms with Crippen LogP contribution in [0.25, 0.3) is 59.8 Å². The van der Waals surface area contributed by atoms with Crippen molar-refractivity contribution in [2.24, 2.45) is 0 Å². The predicted octanol–water partition coefficient (Wildman–Crippen LogP) is 8.55. The van der Waals surface area contributed by atoms with Crippen LogP contribution in [0.3, 0.4) is 0 Å². The Morgan fingerprint density at radius 3 is 1.78 bits per heavy atom. The normalized spacial score (nSPS) is 11.9. The van der Waals surface area contributed by atoms with Crippen LogP contribution in [-0.4, -0.2) is 4.57 Å². The number of aryl methyl sites for hydroxylation is 1. The SMILES string of the molecule is Cc1ccc(-n2c3c4ccccc4ccc3c3c4ccccc4c4ccccc4c32)cc1. The molecule has 0 radical (unpaired) electrons. The second-order valence-electron chi connectivity index (χ2n) is 8.67. The summed E-state index contributed by atoms with van der Waals surface area (Å²) < 4.78 is 2.49. The summed E-state index contributed by atoms with van der Waals surface area (Å²) in [4.78, 5) is 0. The van der Waals surface area contributed by atoms with E-state index in [1.54, 1.807) is 0 Å². The highest BCUT2D eigenvalue weighted by Crippen LogP contribution is 2.44. The van der Waals surface area contributed by atoms with Gasteiger partial charge in [-0.3, -0.25) is 0 Å². The summed E-state index contributed by atoms with van der Waals surface area (Å²) >= 11 is 0. The average molecular weight is 408 g/mol. The van der Waals surface area contributed by atoms with Crippen molar-refractivity contribution in [1.82, 2.24) is 4.57 Å². The molecule has 0 saturated carbocycles. The maximum absolute atomic E-state index is 2.49. The lowest BCUT2D eigenvalue weighted by molar-refractivity contribution is 1.19. The fourth-order valence-electron chi connectivity index (χ4n) is 5.39. The van der Waals surface area contributed by atoms with Crippen LogP contribution >= 0.6 is 0 Å². The standard InChI is InChI=1S/C31H21N/c1-20-14-17-22(18-15-20)32-30-23-9-3-2-8-21(23)16-19-28(30)29-26-12-6-4-10-24(26)25-11-5-7-13-27(25)31(29)32/h2-19H,1H3. The Bertz CT molecular complexity index is 1820. The summed E-state index contributed by atoms with van der Waals surface area (Å²) in [6.07, 6.45) is 0. The Balaban J connectivity index is 1.88. The summed E-state index contributed by atoms with van der Waals surface area (Å²) in [6.45, 7) is 2.15. The lowest BCUT2D eigenvalue weighted by Gasteiger charge is -2.13. The van der Waals surface area contributed by atoms with Crippen LogP contribution < -0.4 is 0 Å². The molecule has 0 aliphatic rings. The van der Waals surface area contributed by atoms with Crippen LogP contribution in [0.4, 0.5) is 0 Å². The molecule has 0 atom stereocenters. The smallest absolute Gasteiger partial charge is 0.0626 e. The first-order valence-electron chi connectivity index (χ1n) is 11.1. The van der Waals surface area contributed by atoms with Gasteiger partial charge in [0.05, 0.1) is 11.0 Å². The van der Waals surface area contributed by atoms with E-state index in [0.29, 0.717) is 0 Å². The molecule has 0 aliphatic heterocycles. The summed E-state index contributed by atoms with van der Waals surface area (Å²) in [5.74, 6) is 0. The molecule has 7 rings (SSSR count). The van der Waals surface area contributed by atoms with Gasteiger partial charge in [0.1, 0.15) is 0 Å². The molecule has 0 bridgehead atoms. The number of nitrogens with zero attached hydrogens (tertiary/aromatic N) is 1.